The topological polar surface area (TPSA) is 45.9 Å². The maximum absolute atomic E-state index is 12.6. The first-order chi connectivity index (χ1) is 6.83. The van der Waals surface area contributed by atoms with Crippen molar-refractivity contribution in [2.24, 2.45) is 0 Å². The molecule has 0 unspecified atom stereocenters. The third-order valence-electron chi connectivity index (χ3n) is 1.22. The Labute approximate surface area is 79.7 Å². The maximum atomic E-state index is 12.6. The summed E-state index contributed by atoms with van der Waals surface area (Å²) in [6.45, 7) is 0. The molecular weight excluding hydrogens is 223 g/mol. The monoisotopic (exact) mass is 224 g/mol. The Kier molecular flexibility index (Phi) is 2.74. The highest BCUT2D eigenvalue weighted by Crippen LogP contribution is 2.23. The number of pyridine rings is 1. The minimum Gasteiger partial charge on any atom is -0.388 e. The van der Waals surface area contributed by atoms with Crippen LogP contribution >= 0.6 is 0 Å². The summed E-state index contributed by atoms with van der Waals surface area (Å²) in [6.07, 6.45) is -5.08. The molecule has 0 spiro atoms. The molecule has 0 saturated carbocycles. The molecule has 0 bridgehead atoms. The van der Waals surface area contributed by atoms with Gasteiger partial charge in [-0.2, -0.15) is 10.2 Å². The summed E-state index contributed by atoms with van der Waals surface area (Å²) in [4.78, 5) is 2.82. The number of halogens is 5. The molecule has 0 aliphatic carbocycles. The van der Waals surface area contributed by atoms with E-state index in [1.807, 2.05) is 0 Å². The number of rotatable bonds is 1. The third-order valence-corrected chi connectivity index (χ3v) is 1.22. The molecule has 8 heteroatoms. The molecule has 1 rings (SSSR count). The first-order valence-corrected chi connectivity index (χ1v) is 3.35. The van der Waals surface area contributed by atoms with Crippen molar-refractivity contribution in [2.75, 3.05) is 0 Å². The molecule has 3 nitrogen and oxygen atoms in total. The van der Waals surface area contributed by atoms with E-state index in [0.717, 1.165) is 6.07 Å². The Bertz CT molecular complexity index is 423. The molecule has 0 amide bonds. The zero-order valence-corrected chi connectivity index (χ0v) is 6.77. The number of ether oxygens (including phenoxy) is 1. The largest absolute Gasteiger partial charge is 0.574 e. The van der Waals surface area contributed by atoms with Gasteiger partial charge in [-0.3, -0.25) is 0 Å². The van der Waals surface area contributed by atoms with Crippen molar-refractivity contribution in [2.45, 2.75) is 6.36 Å². The van der Waals surface area contributed by atoms with Gasteiger partial charge in [0.2, 0.25) is 5.88 Å². The average Bonchev–Trinajstić information content (AvgIpc) is 2.08. The SMILES string of the molecule is N#Cc1nc(OC(F)(F)F)cc(F)c1F. The molecular formula is C7HF5N2O. The van der Waals surface area contributed by atoms with Crippen molar-refractivity contribution >= 4 is 0 Å². The van der Waals surface area contributed by atoms with Gasteiger partial charge in [-0.1, -0.05) is 0 Å². The van der Waals surface area contributed by atoms with Crippen molar-refractivity contribution in [1.29, 1.82) is 5.26 Å². The molecule has 15 heavy (non-hydrogen) atoms. The van der Waals surface area contributed by atoms with Crippen LogP contribution < -0.4 is 4.74 Å². The zero-order chi connectivity index (χ0) is 11.6. The Morgan fingerprint density at radius 1 is 1.33 bits per heavy atom. The van der Waals surface area contributed by atoms with Gasteiger partial charge in [-0.15, -0.1) is 13.2 Å². The van der Waals surface area contributed by atoms with Crippen LogP contribution in [0.1, 0.15) is 5.69 Å². The fourth-order valence-corrected chi connectivity index (χ4v) is 0.721. The fraction of sp³-hybridized carbons (Fsp3) is 0.143. The van der Waals surface area contributed by atoms with Gasteiger partial charge in [0.1, 0.15) is 6.07 Å². The van der Waals surface area contributed by atoms with E-state index in [1.165, 1.54) is 0 Å². The van der Waals surface area contributed by atoms with E-state index in [9.17, 15) is 22.0 Å². The van der Waals surface area contributed by atoms with E-state index in [-0.39, 0.29) is 6.07 Å². The molecule has 0 aromatic carbocycles. The highest BCUT2D eigenvalue weighted by molar-refractivity contribution is 5.28. The molecule has 1 aromatic rings. The van der Waals surface area contributed by atoms with E-state index in [1.54, 1.807) is 0 Å². The van der Waals surface area contributed by atoms with Crippen LogP contribution in [0.2, 0.25) is 0 Å². The molecule has 0 atom stereocenters. The Morgan fingerprint density at radius 3 is 2.40 bits per heavy atom. The third kappa shape index (κ3) is 2.77. The predicted octanol–water partition coefficient (Wildman–Crippen LogP) is 2.13. The van der Waals surface area contributed by atoms with Gasteiger partial charge in [0.25, 0.3) is 0 Å². The molecule has 0 radical (unpaired) electrons. The Hall–Kier alpha value is -1.91. The van der Waals surface area contributed by atoms with Crippen LogP contribution in [0.3, 0.4) is 0 Å². The lowest BCUT2D eigenvalue weighted by atomic mass is 10.3. The quantitative estimate of drug-likeness (QED) is 0.686. The second-order valence-corrected chi connectivity index (χ2v) is 2.26. The fourth-order valence-electron chi connectivity index (χ4n) is 0.721. The van der Waals surface area contributed by atoms with Gasteiger partial charge in [0.15, 0.2) is 17.3 Å². The van der Waals surface area contributed by atoms with Crippen LogP contribution in [0, 0.1) is 23.0 Å². The molecule has 80 valence electrons. The molecule has 0 fully saturated rings. The van der Waals surface area contributed by atoms with Crippen molar-refractivity contribution in [3.63, 3.8) is 0 Å². The van der Waals surface area contributed by atoms with Crippen LogP contribution in [0.25, 0.3) is 0 Å². The summed E-state index contributed by atoms with van der Waals surface area (Å²) in [5.74, 6) is -4.48. The van der Waals surface area contributed by atoms with Gasteiger partial charge >= 0.3 is 6.36 Å². The van der Waals surface area contributed by atoms with Crippen LogP contribution in [0.4, 0.5) is 22.0 Å². The standard InChI is InChI=1S/C7HF5N2O/c8-3-1-5(15-7(10,11)12)14-4(2-13)6(3)9/h1H. The molecule has 1 aromatic heterocycles. The summed E-state index contributed by atoms with van der Waals surface area (Å²) in [6, 6.07) is 1.19. The maximum Gasteiger partial charge on any atom is 0.574 e. The second-order valence-electron chi connectivity index (χ2n) is 2.26. The second kappa shape index (κ2) is 3.68. The van der Waals surface area contributed by atoms with E-state index >= 15 is 0 Å². The van der Waals surface area contributed by atoms with Crippen molar-refractivity contribution in [3.8, 4) is 11.9 Å². The predicted molar refractivity (Wildman–Crippen MR) is 35.6 cm³/mol. The molecule has 0 aliphatic rings. The van der Waals surface area contributed by atoms with Crippen LogP contribution in [0.15, 0.2) is 6.07 Å². The minimum atomic E-state index is -5.08. The summed E-state index contributed by atoms with van der Waals surface area (Å²) in [7, 11) is 0. The summed E-state index contributed by atoms with van der Waals surface area (Å²) in [5, 5.41) is 8.21. The van der Waals surface area contributed by atoms with E-state index in [4.69, 9.17) is 5.26 Å². The lowest BCUT2D eigenvalue weighted by Gasteiger charge is -2.07. The smallest absolute Gasteiger partial charge is 0.388 e. The highest BCUT2D eigenvalue weighted by atomic mass is 19.4. The molecule has 1 heterocycles. The summed E-state index contributed by atoms with van der Waals surface area (Å²) < 4.78 is 63.4. The number of hydrogen-bond acceptors (Lipinski definition) is 3. The lowest BCUT2D eigenvalue weighted by Crippen LogP contribution is -2.18. The minimum absolute atomic E-state index is 0.101. The number of aromatic nitrogens is 1. The summed E-state index contributed by atoms with van der Waals surface area (Å²) in [5.41, 5.74) is -1.10. The number of hydrogen-bond donors (Lipinski definition) is 0. The summed E-state index contributed by atoms with van der Waals surface area (Å²) >= 11 is 0. The first-order valence-electron chi connectivity index (χ1n) is 3.35. The highest BCUT2D eigenvalue weighted by Gasteiger charge is 2.32. The van der Waals surface area contributed by atoms with Crippen LogP contribution in [0.5, 0.6) is 5.88 Å². The van der Waals surface area contributed by atoms with Crippen molar-refractivity contribution in [1.82, 2.24) is 4.98 Å². The van der Waals surface area contributed by atoms with Crippen LogP contribution in [-0.4, -0.2) is 11.3 Å². The average molecular weight is 224 g/mol. The normalized spacial score (nSPS) is 10.9. The Morgan fingerprint density at radius 2 is 1.93 bits per heavy atom. The molecule has 0 N–H and O–H groups in total. The molecule has 0 aliphatic heterocycles. The van der Waals surface area contributed by atoms with E-state index in [2.05, 4.69) is 9.72 Å². The van der Waals surface area contributed by atoms with Gasteiger partial charge < -0.3 is 4.74 Å². The van der Waals surface area contributed by atoms with E-state index in [0.29, 0.717) is 0 Å². The first kappa shape index (κ1) is 11.2. The van der Waals surface area contributed by atoms with Crippen molar-refractivity contribution in [3.05, 3.63) is 23.4 Å². The lowest BCUT2D eigenvalue weighted by molar-refractivity contribution is -0.276. The van der Waals surface area contributed by atoms with Crippen molar-refractivity contribution < 1.29 is 26.7 Å². The number of nitriles is 1. The number of nitrogens with zero attached hydrogens (tertiary/aromatic N) is 2. The van der Waals surface area contributed by atoms with E-state index < -0.39 is 29.6 Å². The van der Waals surface area contributed by atoms with Gasteiger partial charge in [-0.05, 0) is 0 Å². The Balaban J connectivity index is 3.13. The van der Waals surface area contributed by atoms with Gasteiger partial charge in [0, 0.05) is 6.07 Å². The van der Waals surface area contributed by atoms with Crippen LogP contribution in [-0.2, 0) is 0 Å². The number of alkyl halides is 3. The van der Waals surface area contributed by atoms with Gasteiger partial charge in [-0.25, -0.2) is 8.78 Å². The molecule has 0 saturated heterocycles. The van der Waals surface area contributed by atoms with Gasteiger partial charge in [0.05, 0.1) is 0 Å². The zero-order valence-electron chi connectivity index (χ0n) is 6.77.